The number of para-hydroxylation sites is 1. The standard InChI is InChI=1S/C16H15ClN2O/c1-10-8-11-4-2-3-5-15(11)19(10)16(20)12-6-7-14(18)13(17)9-12/h2-7,9-10H,8,18H2,1H3. The molecule has 0 aromatic heterocycles. The van der Waals surface area contributed by atoms with Gasteiger partial charge in [-0.1, -0.05) is 29.8 Å². The van der Waals surface area contributed by atoms with Gasteiger partial charge in [0.2, 0.25) is 0 Å². The monoisotopic (exact) mass is 286 g/mol. The molecule has 2 aromatic carbocycles. The molecule has 0 aliphatic carbocycles. The minimum atomic E-state index is -0.0376. The minimum absolute atomic E-state index is 0.0376. The first kappa shape index (κ1) is 13.0. The van der Waals surface area contributed by atoms with E-state index in [0.29, 0.717) is 16.3 Å². The van der Waals surface area contributed by atoms with E-state index in [-0.39, 0.29) is 11.9 Å². The van der Waals surface area contributed by atoms with E-state index in [2.05, 4.69) is 13.0 Å². The van der Waals surface area contributed by atoms with E-state index in [4.69, 9.17) is 17.3 Å². The molecule has 1 amide bonds. The molecule has 1 aliphatic heterocycles. The average Bonchev–Trinajstić information content (AvgIpc) is 2.77. The molecule has 20 heavy (non-hydrogen) atoms. The smallest absolute Gasteiger partial charge is 0.258 e. The van der Waals surface area contributed by atoms with Crippen LogP contribution in [0.4, 0.5) is 11.4 Å². The number of hydrogen-bond donors (Lipinski definition) is 1. The Hall–Kier alpha value is -2.00. The Bertz CT molecular complexity index is 684. The van der Waals surface area contributed by atoms with Crippen molar-refractivity contribution in [3.63, 3.8) is 0 Å². The first-order valence-corrected chi connectivity index (χ1v) is 6.92. The summed E-state index contributed by atoms with van der Waals surface area (Å²) in [7, 11) is 0. The number of nitrogens with two attached hydrogens (primary N) is 1. The van der Waals surface area contributed by atoms with E-state index in [0.717, 1.165) is 12.1 Å². The van der Waals surface area contributed by atoms with E-state index < -0.39 is 0 Å². The minimum Gasteiger partial charge on any atom is -0.398 e. The summed E-state index contributed by atoms with van der Waals surface area (Å²) in [6.45, 7) is 2.05. The second kappa shape index (κ2) is 4.84. The summed E-state index contributed by atoms with van der Waals surface area (Å²) in [5.74, 6) is -0.0376. The predicted octanol–water partition coefficient (Wildman–Crippen LogP) is 3.51. The fourth-order valence-corrected chi connectivity index (χ4v) is 2.85. The molecule has 0 saturated carbocycles. The Labute approximate surface area is 123 Å². The third-order valence-corrected chi connectivity index (χ3v) is 4.00. The Morgan fingerprint density at radius 3 is 2.80 bits per heavy atom. The third kappa shape index (κ3) is 2.04. The molecule has 0 bridgehead atoms. The number of anilines is 2. The lowest BCUT2D eigenvalue weighted by molar-refractivity contribution is 0.0981. The molecule has 0 spiro atoms. The van der Waals surface area contributed by atoms with Crippen molar-refractivity contribution >= 4 is 28.9 Å². The van der Waals surface area contributed by atoms with Crippen LogP contribution in [0.15, 0.2) is 42.5 Å². The molecule has 4 heteroatoms. The molecular formula is C16H15ClN2O. The number of rotatable bonds is 1. The molecule has 0 saturated heterocycles. The molecule has 1 aliphatic rings. The maximum atomic E-state index is 12.7. The van der Waals surface area contributed by atoms with Crippen LogP contribution in [0.3, 0.4) is 0 Å². The zero-order valence-electron chi connectivity index (χ0n) is 11.1. The van der Waals surface area contributed by atoms with Gasteiger partial charge in [-0.2, -0.15) is 0 Å². The van der Waals surface area contributed by atoms with Crippen molar-refractivity contribution in [2.45, 2.75) is 19.4 Å². The highest BCUT2D eigenvalue weighted by molar-refractivity contribution is 6.33. The lowest BCUT2D eigenvalue weighted by Crippen LogP contribution is -2.35. The van der Waals surface area contributed by atoms with Crippen molar-refractivity contribution in [3.05, 3.63) is 58.6 Å². The number of nitrogen functional groups attached to an aromatic ring is 1. The number of carbonyl (C=O) groups excluding carboxylic acids is 1. The molecular weight excluding hydrogens is 272 g/mol. The van der Waals surface area contributed by atoms with Gasteiger partial charge in [-0.3, -0.25) is 4.79 Å². The summed E-state index contributed by atoms with van der Waals surface area (Å²) in [6.07, 6.45) is 0.880. The summed E-state index contributed by atoms with van der Waals surface area (Å²) >= 11 is 6.01. The van der Waals surface area contributed by atoms with E-state index in [1.54, 1.807) is 18.2 Å². The van der Waals surface area contributed by atoms with E-state index in [1.807, 2.05) is 23.1 Å². The lowest BCUT2D eigenvalue weighted by Gasteiger charge is -2.23. The van der Waals surface area contributed by atoms with Gasteiger partial charge in [-0.15, -0.1) is 0 Å². The van der Waals surface area contributed by atoms with Crippen molar-refractivity contribution in [3.8, 4) is 0 Å². The van der Waals surface area contributed by atoms with Crippen LogP contribution in [0.2, 0.25) is 5.02 Å². The molecule has 0 fully saturated rings. The molecule has 1 atom stereocenters. The van der Waals surface area contributed by atoms with Gasteiger partial charge >= 0.3 is 0 Å². The number of halogens is 1. The highest BCUT2D eigenvalue weighted by atomic mass is 35.5. The second-order valence-electron chi connectivity index (χ2n) is 5.09. The average molecular weight is 287 g/mol. The van der Waals surface area contributed by atoms with Crippen LogP contribution in [0.1, 0.15) is 22.8 Å². The lowest BCUT2D eigenvalue weighted by atomic mass is 10.1. The van der Waals surface area contributed by atoms with Gasteiger partial charge in [-0.05, 0) is 43.2 Å². The van der Waals surface area contributed by atoms with Gasteiger partial charge in [0.05, 0.1) is 10.7 Å². The van der Waals surface area contributed by atoms with Crippen molar-refractivity contribution < 1.29 is 4.79 Å². The molecule has 3 rings (SSSR count). The van der Waals surface area contributed by atoms with E-state index in [1.165, 1.54) is 5.56 Å². The highest BCUT2D eigenvalue weighted by Crippen LogP contribution is 2.33. The second-order valence-corrected chi connectivity index (χ2v) is 5.50. The Morgan fingerprint density at radius 1 is 1.30 bits per heavy atom. The summed E-state index contributed by atoms with van der Waals surface area (Å²) < 4.78 is 0. The number of benzene rings is 2. The van der Waals surface area contributed by atoms with Gasteiger partial charge in [-0.25, -0.2) is 0 Å². The highest BCUT2D eigenvalue weighted by Gasteiger charge is 2.31. The van der Waals surface area contributed by atoms with Gasteiger partial charge in [0.25, 0.3) is 5.91 Å². The molecule has 1 unspecified atom stereocenters. The van der Waals surface area contributed by atoms with Crippen molar-refractivity contribution in [1.29, 1.82) is 0 Å². The van der Waals surface area contributed by atoms with Crippen LogP contribution in [-0.4, -0.2) is 11.9 Å². The topological polar surface area (TPSA) is 46.3 Å². The first-order chi connectivity index (χ1) is 9.58. The Kier molecular flexibility index (Phi) is 3.14. The Balaban J connectivity index is 2.00. The quantitative estimate of drug-likeness (QED) is 0.816. The summed E-state index contributed by atoms with van der Waals surface area (Å²) in [4.78, 5) is 14.5. The first-order valence-electron chi connectivity index (χ1n) is 6.54. The fourth-order valence-electron chi connectivity index (χ4n) is 2.67. The summed E-state index contributed by atoms with van der Waals surface area (Å²) in [6, 6.07) is 13.2. The molecule has 2 N–H and O–H groups in total. The molecule has 2 aromatic rings. The molecule has 3 nitrogen and oxygen atoms in total. The van der Waals surface area contributed by atoms with Gasteiger partial charge in [0, 0.05) is 17.3 Å². The van der Waals surface area contributed by atoms with Crippen LogP contribution < -0.4 is 10.6 Å². The molecule has 1 heterocycles. The predicted molar refractivity (Wildman–Crippen MR) is 82.3 cm³/mol. The largest absolute Gasteiger partial charge is 0.398 e. The summed E-state index contributed by atoms with van der Waals surface area (Å²) in [5, 5.41) is 0.413. The zero-order valence-corrected chi connectivity index (χ0v) is 11.9. The molecule has 102 valence electrons. The number of nitrogens with zero attached hydrogens (tertiary/aromatic N) is 1. The Morgan fingerprint density at radius 2 is 2.05 bits per heavy atom. The van der Waals surface area contributed by atoms with Crippen LogP contribution in [-0.2, 0) is 6.42 Å². The maximum absolute atomic E-state index is 12.7. The maximum Gasteiger partial charge on any atom is 0.258 e. The van der Waals surface area contributed by atoms with E-state index in [9.17, 15) is 4.79 Å². The van der Waals surface area contributed by atoms with Gasteiger partial charge in [0.15, 0.2) is 0 Å². The normalized spacial score (nSPS) is 17.1. The van der Waals surface area contributed by atoms with Crippen LogP contribution in [0, 0.1) is 0 Å². The van der Waals surface area contributed by atoms with Crippen molar-refractivity contribution in [1.82, 2.24) is 0 Å². The van der Waals surface area contributed by atoms with Crippen LogP contribution in [0.25, 0.3) is 0 Å². The number of fused-ring (bicyclic) bond motifs is 1. The number of hydrogen-bond acceptors (Lipinski definition) is 2. The van der Waals surface area contributed by atoms with Crippen LogP contribution >= 0.6 is 11.6 Å². The van der Waals surface area contributed by atoms with Crippen molar-refractivity contribution in [2.24, 2.45) is 0 Å². The number of amides is 1. The number of carbonyl (C=O) groups is 1. The van der Waals surface area contributed by atoms with Crippen LogP contribution in [0.5, 0.6) is 0 Å². The van der Waals surface area contributed by atoms with Gasteiger partial charge in [0.1, 0.15) is 0 Å². The molecule has 0 radical (unpaired) electrons. The van der Waals surface area contributed by atoms with E-state index >= 15 is 0 Å². The fraction of sp³-hybridized carbons (Fsp3) is 0.188. The zero-order chi connectivity index (χ0) is 14.3. The third-order valence-electron chi connectivity index (χ3n) is 3.67. The summed E-state index contributed by atoms with van der Waals surface area (Å²) in [5.41, 5.74) is 8.92. The van der Waals surface area contributed by atoms with Crippen molar-refractivity contribution in [2.75, 3.05) is 10.6 Å². The SMILES string of the molecule is CC1Cc2ccccc2N1C(=O)c1ccc(N)c(Cl)c1. The van der Waals surface area contributed by atoms with Gasteiger partial charge < -0.3 is 10.6 Å².